The van der Waals surface area contributed by atoms with Crippen LogP contribution in [0.5, 0.6) is 0 Å². The molecule has 21 heavy (non-hydrogen) atoms. The van der Waals surface area contributed by atoms with Crippen molar-refractivity contribution in [3.8, 4) is 0 Å². The van der Waals surface area contributed by atoms with Gasteiger partial charge in [0.05, 0.1) is 11.7 Å². The van der Waals surface area contributed by atoms with E-state index in [-0.39, 0.29) is 18.1 Å². The molecule has 0 aromatic carbocycles. The van der Waals surface area contributed by atoms with Crippen LogP contribution in [0.25, 0.3) is 0 Å². The van der Waals surface area contributed by atoms with Crippen LogP contribution >= 0.6 is 0 Å². The lowest BCUT2D eigenvalue weighted by atomic mass is 9.76. The van der Waals surface area contributed by atoms with Gasteiger partial charge in [-0.25, -0.2) is 9.78 Å². The molecule has 1 amide bonds. The molecule has 1 aliphatic rings. The highest BCUT2D eigenvalue weighted by atomic mass is 16.4. The van der Waals surface area contributed by atoms with Crippen LogP contribution < -0.4 is 5.32 Å². The number of aromatic amines is 1. The molecular formula is C13H15N5O3. The van der Waals surface area contributed by atoms with E-state index in [1.165, 1.54) is 10.9 Å². The summed E-state index contributed by atoms with van der Waals surface area (Å²) in [6.07, 6.45) is 7.04. The maximum absolute atomic E-state index is 12.1. The van der Waals surface area contributed by atoms with Crippen LogP contribution in [0.15, 0.2) is 24.7 Å². The van der Waals surface area contributed by atoms with Crippen molar-refractivity contribution in [2.75, 3.05) is 0 Å². The van der Waals surface area contributed by atoms with Crippen molar-refractivity contribution in [1.29, 1.82) is 0 Å². The summed E-state index contributed by atoms with van der Waals surface area (Å²) in [7, 11) is 0. The number of nitrogens with one attached hydrogen (secondary N) is 2. The number of carbonyl (C=O) groups excluding carboxylic acids is 1. The molecule has 0 aliphatic heterocycles. The average Bonchev–Trinajstić information content (AvgIpc) is 3.04. The van der Waals surface area contributed by atoms with Gasteiger partial charge < -0.3 is 15.4 Å². The van der Waals surface area contributed by atoms with E-state index >= 15 is 0 Å². The fourth-order valence-electron chi connectivity index (χ4n) is 2.47. The molecule has 110 valence electrons. The summed E-state index contributed by atoms with van der Waals surface area (Å²) in [6.45, 7) is 0.126. The van der Waals surface area contributed by atoms with E-state index in [0.29, 0.717) is 5.82 Å². The minimum absolute atomic E-state index is 0.0256. The predicted molar refractivity (Wildman–Crippen MR) is 71.4 cm³/mol. The zero-order chi connectivity index (χ0) is 14.9. The highest BCUT2D eigenvalue weighted by Gasteiger charge is 2.42. The summed E-state index contributed by atoms with van der Waals surface area (Å²) in [4.78, 5) is 29.9. The lowest BCUT2D eigenvalue weighted by Gasteiger charge is -2.40. The van der Waals surface area contributed by atoms with Gasteiger partial charge in [0, 0.05) is 12.4 Å². The molecule has 3 N–H and O–H groups in total. The molecule has 1 aliphatic carbocycles. The molecule has 1 saturated carbocycles. The van der Waals surface area contributed by atoms with Crippen LogP contribution in [0.2, 0.25) is 0 Å². The Morgan fingerprint density at radius 3 is 2.81 bits per heavy atom. The first-order valence-electron chi connectivity index (χ1n) is 6.66. The summed E-state index contributed by atoms with van der Waals surface area (Å²) >= 11 is 0. The zero-order valence-corrected chi connectivity index (χ0v) is 11.2. The fourth-order valence-corrected chi connectivity index (χ4v) is 2.47. The summed E-state index contributed by atoms with van der Waals surface area (Å²) in [5.74, 6) is -0.738. The Hall–Kier alpha value is -2.64. The van der Waals surface area contributed by atoms with Gasteiger partial charge in [0.25, 0.3) is 0 Å². The normalized spacial score (nSPS) is 16.2. The summed E-state index contributed by atoms with van der Waals surface area (Å²) in [5, 5.41) is 15.9. The zero-order valence-electron chi connectivity index (χ0n) is 11.2. The number of H-pyrrole nitrogens is 1. The molecule has 0 bridgehead atoms. The first kappa shape index (κ1) is 13.3. The first-order chi connectivity index (χ1) is 10.1. The number of hydrogen-bond donors (Lipinski definition) is 3. The van der Waals surface area contributed by atoms with Crippen molar-refractivity contribution < 1.29 is 14.7 Å². The molecule has 0 radical (unpaired) electrons. The molecule has 0 saturated heterocycles. The monoisotopic (exact) mass is 289 g/mol. The molecule has 0 atom stereocenters. The molecule has 2 aromatic rings. The summed E-state index contributed by atoms with van der Waals surface area (Å²) in [5.41, 5.74) is -0.560. The molecule has 2 heterocycles. The smallest absolute Gasteiger partial charge is 0.353 e. The van der Waals surface area contributed by atoms with Gasteiger partial charge in [0.2, 0.25) is 5.91 Å². The number of rotatable bonds is 5. The van der Waals surface area contributed by atoms with Gasteiger partial charge in [-0.15, -0.1) is 0 Å². The van der Waals surface area contributed by atoms with Gasteiger partial charge in [0.15, 0.2) is 0 Å². The minimum atomic E-state index is -1.06. The van der Waals surface area contributed by atoms with Crippen LogP contribution in [0, 0.1) is 0 Å². The van der Waals surface area contributed by atoms with Crippen molar-refractivity contribution in [1.82, 2.24) is 25.1 Å². The van der Waals surface area contributed by atoms with Crippen molar-refractivity contribution >= 4 is 11.9 Å². The van der Waals surface area contributed by atoms with Gasteiger partial charge >= 0.3 is 5.97 Å². The van der Waals surface area contributed by atoms with Gasteiger partial charge in [-0.1, -0.05) is 0 Å². The van der Waals surface area contributed by atoms with Crippen LogP contribution in [-0.4, -0.2) is 36.7 Å². The van der Waals surface area contributed by atoms with E-state index in [1.54, 1.807) is 18.5 Å². The Morgan fingerprint density at radius 2 is 2.29 bits per heavy atom. The predicted octanol–water partition coefficient (Wildman–Crippen LogP) is 0.500. The third-order valence-corrected chi connectivity index (χ3v) is 3.71. The van der Waals surface area contributed by atoms with Crippen molar-refractivity contribution in [3.05, 3.63) is 36.2 Å². The second-order valence-corrected chi connectivity index (χ2v) is 5.14. The number of aromatic nitrogens is 4. The topological polar surface area (TPSA) is 113 Å². The summed E-state index contributed by atoms with van der Waals surface area (Å²) < 4.78 is 1.53. The molecule has 8 heteroatoms. The maximum atomic E-state index is 12.1. The third-order valence-electron chi connectivity index (χ3n) is 3.71. The Balaban J connectivity index is 1.73. The minimum Gasteiger partial charge on any atom is -0.477 e. The SMILES string of the molecule is O=C(Cn1cccn1)NC1(c2ncc(C(=O)O)[nH]2)CCC1. The number of hydrogen-bond acceptors (Lipinski definition) is 4. The van der Waals surface area contributed by atoms with Gasteiger partial charge in [-0.2, -0.15) is 5.10 Å². The highest BCUT2D eigenvalue weighted by Crippen LogP contribution is 2.39. The fraction of sp³-hybridized carbons (Fsp3) is 0.385. The molecule has 1 fully saturated rings. The second-order valence-electron chi connectivity index (χ2n) is 5.14. The molecular weight excluding hydrogens is 274 g/mol. The van der Waals surface area contributed by atoms with E-state index in [4.69, 9.17) is 5.11 Å². The number of imidazole rings is 1. The number of nitrogens with zero attached hydrogens (tertiary/aromatic N) is 3. The number of aromatic carboxylic acids is 1. The average molecular weight is 289 g/mol. The van der Waals surface area contributed by atoms with E-state index in [0.717, 1.165) is 19.3 Å². The molecule has 2 aromatic heterocycles. The number of carboxylic acid groups (broad SMARTS) is 1. The van der Waals surface area contributed by atoms with E-state index < -0.39 is 11.5 Å². The number of amides is 1. The Labute approximate surface area is 120 Å². The quantitative estimate of drug-likeness (QED) is 0.742. The van der Waals surface area contributed by atoms with Gasteiger partial charge in [-0.3, -0.25) is 9.48 Å². The first-order valence-corrected chi connectivity index (χ1v) is 6.66. The van der Waals surface area contributed by atoms with E-state index in [2.05, 4.69) is 20.4 Å². The van der Waals surface area contributed by atoms with Gasteiger partial charge in [0.1, 0.15) is 18.1 Å². The lowest BCUT2D eigenvalue weighted by Crippen LogP contribution is -2.52. The third kappa shape index (κ3) is 2.51. The largest absolute Gasteiger partial charge is 0.477 e. The second kappa shape index (κ2) is 5.04. The van der Waals surface area contributed by atoms with Gasteiger partial charge in [-0.05, 0) is 25.3 Å². The number of carboxylic acids is 1. The van der Waals surface area contributed by atoms with Crippen LogP contribution in [0.1, 0.15) is 35.6 Å². The van der Waals surface area contributed by atoms with E-state index in [9.17, 15) is 9.59 Å². The van der Waals surface area contributed by atoms with Crippen LogP contribution in [0.3, 0.4) is 0 Å². The van der Waals surface area contributed by atoms with Crippen molar-refractivity contribution in [2.45, 2.75) is 31.3 Å². The van der Waals surface area contributed by atoms with Crippen LogP contribution in [0.4, 0.5) is 0 Å². The molecule has 3 rings (SSSR count). The Bertz CT molecular complexity index is 657. The Kier molecular flexibility index (Phi) is 3.20. The highest BCUT2D eigenvalue weighted by molar-refractivity contribution is 5.85. The molecule has 8 nitrogen and oxygen atoms in total. The molecule has 0 spiro atoms. The van der Waals surface area contributed by atoms with Crippen LogP contribution in [-0.2, 0) is 16.9 Å². The van der Waals surface area contributed by atoms with Crippen molar-refractivity contribution in [2.24, 2.45) is 0 Å². The molecule has 0 unspecified atom stereocenters. The lowest BCUT2D eigenvalue weighted by molar-refractivity contribution is -0.125. The summed E-state index contributed by atoms with van der Waals surface area (Å²) in [6, 6.07) is 1.75. The Morgan fingerprint density at radius 1 is 1.48 bits per heavy atom. The standard InChI is InChI=1S/C13H15N5O3/c19-10(8-18-6-2-5-15-18)17-13(3-1-4-13)12-14-7-9(16-12)11(20)21/h2,5-7H,1,3-4,8H2,(H,14,16)(H,17,19)(H,20,21). The van der Waals surface area contributed by atoms with Crippen molar-refractivity contribution in [3.63, 3.8) is 0 Å². The van der Waals surface area contributed by atoms with E-state index in [1.807, 2.05) is 0 Å². The maximum Gasteiger partial charge on any atom is 0.353 e. The number of carbonyl (C=O) groups is 2.